The first-order valence-corrected chi connectivity index (χ1v) is 7.77. The third-order valence-electron chi connectivity index (χ3n) is 3.69. The van der Waals surface area contributed by atoms with Crippen LogP contribution in [0.4, 0.5) is 0 Å². The van der Waals surface area contributed by atoms with E-state index in [1.165, 1.54) is 38.9 Å². The van der Waals surface area contributed by atoms with E-state index in [0.717, 1.165) is 25.3 Å². The summed E-state index contributed by atoms with van der Waals surface area (Å²) in [4.78, 5) is 13.6. The van der Waals surface area contributed by atoms with Crippen molar-refractivity contribution in [1.82, 2.24) is 10.2 Å². The van der Waals surface area contributed by atoms with Crippen LogP contribution in [0.15, 0.2) is 0 Å². The van der Waals surface area contributed by atoms with Gasteiger partial charge < -0.3 is 15.0 Å². The molecule has 1 atom stereocenters. The number of unbranched alkanes of at least 4 members (excludes halogenated alkanes) is 2. The maximum absolute atomic E-state index is 11.2. The topological polar surface area (TPSA) is 41.6 Å². The summed E-state index contributed by atoms with van der Waals surface area (Å²) in [5.74, 6) is 0.766. The van der Waals surface area contributed by atoms with Gasteiger partial charge in [-0.15, -0.1) is 0 Å². The summed E-state index contributed by atoms with van der Waals surface area (Å²) in [7, 11) is 2.21. The van der Waals surface area contributed by atoms with Crippen LogP contribution in [0.3, 0.4) is 0 Å². The fourth-order valence-electron chi connectivity index (χ4n) is 2.67. The van der Waals surface area contributed by atoms with Crippen molar-refractivity contribution in [3.63, 3.8) is 0 Å². The lowest BCUT2D eigenvalue weighted by Gasteiger charge is -2.27. The number of esters is 1. The third-order valence-corrected chi connectivity index (χ3v) is 3.69. The van der Waals surface area contributed by atoms with Gasteiger partial charge in [0.15, 0.2) is 0 Å². The van der Waals surface area contributed by atoms with Crippen LogP contribution in [0.2, 0.25) is 0 Å². The first kappa shape index (κ1) is 16.4. The number of nitrogens with one attached hydrogen (secondary N) is 1. The van der Waals surface area contributed by atoms with Gasteiger partial charge in [0, 0.05) is 13.0 Å². The van der Waals surface area contributed by atoms with Gasteiger partial charge in [0.05, 0.1) is 6.61 Å². The molecule has 1 fully saturated rings. The van der Waals surface area contributed by atoms with Crippen LogP contribution in [0, 0.1) is 5.92 Å². The molecule has 1 heterocycles. The molecule has 0 bridgehead atoms. The Morgan fingerprint density at radius 3 is 2.89 bits per heavy atom. The average Bonchev–Trinajstić information content (AvgIpc) is 2.40. The van der Waals surface area contributed by atoms with Crippen LogP contribution in [0.25, 0.3) is 0 Å². The molecule has 1 saturated heterocycles. The minimum Gasteiger partial charge on any atom is -0.466 e. The van der Waals surface area contributed by atoms with Gasteiger partial charge in [0.2, 0.25) is 0 Å². The molecular weight excluding hydrogens is 240 g/mol. The Bertz CT molecular complexity index is 240. The average molecular weight is 270 g/mol. The van der Waals surface area contributed by atoms with Crippen LogP contribution in [0.1, 0.15) is 45.4 Å². The predicted molar refractivity (Wildman–Crippen MR) is 78.2 cm³/mol. The molecule has 1 unspecified atom stereocenters. The van der Waals surface area contributed by atoms with E-state index in [4.69, 9.17) is 4.74 Å². The SMILES string of the molecule is CCOC(=O)CCCCCN(C)CC1CCCNC1. The maximum Gasteiger partial charge on any atom is 0.305 e. The standard InChI is InChI=1S/C15H30N2O2/c1-3-19-15(18)9-5-4-6-11-17(2)13-14-8-7-10-16-12-14/h14,16H,3-13H2,1-2H3. The summed E-state index contributed by atoms with van der Waals surface area (Å²) in [6.45, 7) is 7.05. The first-order chi connectivity index (χ1) is 9.22. The van der Waals surface area contributed by atoms with Crippen molar-refractivity contribution in [2.75, 3.05) is 39.8 Å². The number of ether oxygens (including phenoxy) is 1. The van der Waals surface area contributed by atoms with E-state index in [9.17, 15) is 4.79 Å². The van der Waals surface area contributed by atoms with Gasteiger partial charge in [-0.25, -0.2) is 0 Å². The maximum atomic E-state index is 11.2. The zero-order chi connectivity index (χ0) is 13.9. The van der Waals surface area contributed by atoms with Crippen LogP contribution >= 0.6 is 0 Å². The minimum atomic E-state index is -0.0517. The van der Waals surface area contributed by atoms with Crippen molar-refractivity contribution < 1.29 is 9.53 Å². The Kier molecular flexibility index (Phi) is 8.84. The lowest BCUT2D eigenvalue weighted by atomic mass is 9.99. The fraction of sp³-hybridized carbons (Fsp3) is 0.933. The second-order valence-corrected chi connectivity index (χ2v) is 5.59. The Morgan fingerprint density at radius 1 is 1.37 bits per heavy atom. The van der Waals surface area contributed by atoms with Crippen molar-refractivity contribution in [2.45, 2.75) is 45.4 Å². The summed E-state index contributed by atoms with van der Waals surface area (Å²) in [6.07, 6.45) is 6.50. The number of nitrogens with zero attached hydrogens (tertiary/aromatic N) is 1. The van der Waals surface area contributed by atoms with Crippen molar-refractivity contribution in [1.29, 1.82) is 0 Å². The van der Waals surface area contributed by atoms with E-state index in [1.54, 1.807) is 0 Å². The van der Waals surface area contributed by atoms with Gasteiger partial charge in [-0.2, -0.15) is 0 Å². The van der Waals surface area contributed by atoms with Crippen LogP contribution in [0.5, 0.6) is 0 Å². The van der Waals surface area contributed by atoms with E-state index < -0.39 is 0 Å². The van der Waals surface area contributed by atoms with Crippen LogP contribution in [-0.2, 0) is 9.53 Å². The van der Waals surface area contributed by atoms with Gasteiger partial charge >= 0.3 is 5.97 Å². The van der Waals surface area contributed by atoms with Crippen molar-refractivity contribution in [2.24, 2.45) is 5.92 Å². The van der Waals surface area contributed by atoms with Crippen LogP contribution < -0.4 is 5.32 Å². The molecule has 0 aliphatic carbocycles. The molecule has 0 aromatic carbocycles. The molecule has 112 valence electrons. The molecule has 0 aromatic rings. The molecule has 0 spiro atoms. The molecule has 4 nitrogen and oxygen atoms in total. The monoisotopic (exact) mass is 270 g/mol. The van der Waals surface area contributed by atoms with Gasteiger partial charge in [0.25, 0.3) is 0 Å². The fourth-order valence-corrected chi connectivity index (χ4v) is 2.67. The lowest BCUT2D eigenvalue weighted by molar-refractivity contribution is -0.143. The van der Waals surface area contributed by atoms with Gasteiger partial charge in [0.1, 0.15) is 0 Å². The molecule has 1 N–H and O–H groups in total. The quantitative estimate of drug-likeness (QED) is 0.514. The van der Waals surface area contributed by atoms with Gasteiger partial charge in [-0.1, -0.05) is 6.42 Å². The molecular formula is C15H30N2O2. The van der Waals surface area contributed by atoms with E-state index in [0.29, 0.717) is 13.0 Å². The highest BCUT2D eigenvalue weighted by molar-refractivity contribution is 5.69. The Morgan fingerprint density at radius 2 is 2.21 bits per heavy atom. The highest BCUT2D eigenvalue weighted by atomic mass is 16.5. The Hall–Kier alpha value is -0.610. The van der Waals surface area contributed by atoms with E-state index in [2.05, 4.69) is 17.3 Å². The molecule has 1 aliphatic heterocycles. The summed E-state index contributed by atoms with van der Waals surface area (Å²) in [6, 6.07) is 0. The molecule has 1 aliphatic rings. The van der Waals surface area contributed by atoms with E-state index >= 15 is 0 Å². The van der Waals surface area contributed by atoms with Crippen LogP contribution in [-0.4, -0.2) is 50.7 Å². The minimum absolute atomic E-state index is 0.0517. The van der Waals surface area contributed by atoms with Crippen molar-refractivity contribution in [3.8, 4) is 0 Å². The number of hydrogen-bond donors (Lipinski definition) is 1. The molecule has 0 radical (unpaired) electrons. The summed E-state index contributed by atoms with van der Waals surface area (Å²) < 4.78 is 4.91. The molecule has 0 aromatic heterocycles. The number of hydrogen-bond acceptors (Lipinski definition) is 4. The molecule has 4 heteroatoms. The largest absolute Gasteiger partial charge is 0.466 e. The van der Waals surface area contributed by atoms with Gasteiger partial charge in [-0.3, -0.25) is 4.79 Å². The molecule has 0 saturated carbocycles. The Labute approximate surface area is 117 Å². The Balaban J connectivity index is 1.94. The molecule has 0 amide bonds. The van der Waals surface area contributed by atoms with Crippen molar-refractivity contribution in [3.05, 3.63) is 0 Å². The van der Waals surface area contributed by atoms with E-state index in [1.807, 2.05) is 6.92 Å². The summed E-state index contributed by atoms with van der Waals surface area (Å²) in [5.41, 5.74) is 0. The number of carbonyl (C=O) groups excluding carboxylic acids is 1. The van der Waals surface area contributed by atoms with E-state index in [-0.39, 0.29) is 5.97 Å². The van der Waals surface area contributed by atoms with Gasteiger partial charge in [-0.05, 0) is 65.2 Å². The normalized spacial score (nSPS) is 19.6. The first-order valence-electron chi connectivity index (χ1n) is 7.77. The zero-order valence-corrected chi connectivity index (χ0v) is 12.6. The number of piperidine rings is 1. The second-order valence-electron chi connectivity index (χ2n) is 5.59. The smallest absolute Gasteiger partial charge is 0.305 e. The molecule has 19 heavy (non-hydrogen) atoms. The predicted octanol–water partition coefficient (Wildman–Crippen LogP) is 2.04. The van der Waals surface area contributed by atoms with Crippen molar-refractivity contribution >= 4 is 5.97 Å². The lowest BCUT2D eigenvalue weighted by Crippen LogP contribution is -2.37. The second kappa shape index (κ2) is 10.2. The summed E-state index contributed by atoms with van der Waals surface area (Å²) >= 11 is 0. The zero-order valence-electron chi connectivity index (χ0n) is 12.6. The third kappa shape index (κ3) is 8.22. The highest BCUT2D eigenvalue weighted by Gasteiger charge is 2.14. The highest BCUT2D eigenvalue weighted by Crippen LogP contribution is 2.11. The summed E-state index contributed by atoms with van der Waals surface area (Å²) in [5, 5.41) is 3.46. The number of carbonyl (C=O) groups is 1. The number of rotatable bonds is 9. The molecule has 1 rings (SSSR count).